The van der Waals surface area contributed by atoms with Gasteiger partial charge in [0.25, 0.3) is 0 Å². The van der Waals surface area contributed by atoms with Gasteiger partial charge in [-0.3, -0.25) is 0 Å². The van der Waals surface area contributed by atoms with Crippen molar-refractivity contribution in [2.75, 3.05) is 0 Å². The van der Waals surface area contributed by atoms with E-state index in [1.54, 1.807) is 0 Å². The number of hydrogen-bond acceptors (Lipinski definition) is 1. The Morgan fingerprint density at radius 3 is 2.72 bits per heavy atom. The molecule has 0 aromatic heterocycles. The van der Waals surface area contributed by atoms with Gasteiger partial charge >= 0.3 is 0 Å². The molecule has 2 N–H and O–H groups in total. The van der Waals surface area contributed by atoms with Crippen LogP contribution in [0, 0.1) is 5.92 Å². The van der Waals surface area contributed by atoms with Crippen LogP contribution in [0.3, 0.4) is 0 Å². The Balaban J connectivity index is 1.90. The van der Waals surface area contributed by atoms with Gasteiger partial charge in [-0.1, -0.05) is 55.8 Å². The van der Waals surface area contributed by atoms with E-state index >= 15 is 0 Å². The summed E-state index contributed by atoms with van der Waals surface area (Å²) in [6.07, 6.45) is 9.28. The van der Waals surface area contributed by atoms with E-state index in [1.807, 2.05) is 18.2 Å². The molecule has 18 heavy (non-hydrogen) atoms. The fraction of sp³-hybridized carbons (Fsp3) is 0.600. The van der Waals surface area contributed by atoms with Crippen LogP contribution in [0.4, 0.5) is 0 Å². The first-order chi connectivity index (χ1) is 8.68. The summed E-state index contributed by atoms with van der Waals surface area (Å²) < 4.78 is 0.940. The average molecular weight is 331 g/mol. The lowest BCUT2D eigenvalue weighted by atomic mass is 9.84. The van der Waals surface area contributed by atoms with Crippen LogP contribution in [0.1, 0.15) is 56.6 Å². The van der Waals surface area contributed by atoms with Gasteiger partial charge < -0.3 is 5.73 Å². The molecule has 1 aromatic carbocycles. The van der Waals surface area contributed by atoms with Gasteiger partial charge in [-0.2, -0.15) is 0 Å². The molecule has 0 heterocycles. The van der Waals surface area contributed by atoms with Crippen LogP contribution >= 0.6 is 27.5 Å². The van der Waals surface area contributed by atoms with E-state index in [9.17, 15) is 0 Å². The molecule has 0 radical (unpaired) electrons. The molecule has 1 aromatic rings. The zero-order valence-corrected chi connectivity index (χ0v) is 13.0. The second-order valence-corrected chi connectivity index (χ2v) is 6.56. The molecular formula is C15H21BrClN. The van der Waals surface area contributed by atoms with E-state index in [2.05, 4.69) is 15.9 Å². The predicted molar refractivity (Wildman–Crippen MR) is 81.9 cm³/mol. The maximum Gasteiger partial charge on any atom is 0.0595 e. The third-order valence-corrected chi connectivity index (χ3v) is 5.30. The predicted octanol–water partition coefficient (Wildman–Crippen LogP) is 5.46. The topological polar surface area (TPSA) is 26.0 Å². The Kier molecular flexibility index (Phi) is 5.53. The minimum atomic E-state index is 0.0666. The van der Waals surface area contributed by atoms with E-state index in [4.69, 9.17) is 17.3 Å². The van der Waals surface area contributed by atoms with Gasteiger partial charge in [-0.15, -0.1) is 0 Å². The van der Waals surface area contributed by atoms with Gasteiger partial charge in [0, 0.05) is 10.5 Å². The lowest BCUT2D eigenvalue weighted by molar-refractivity contribution is 0.324. The van der Waals surface area contributed by atoms with E-state index in [1.165, 1.54) is 38.5 Å². The molecule has 3 heteroatoms. The van der Waals surface area contributed by atoms with E-state index in [0.717, 1.165) is 27.4 Å². The second kappa shape index (κ2) is 6.93. The largest absolute Gasteiger partial charge is 0.324 e. The summed E-state index contributed by atoms with van der Waals surface area (Å²) in [5, 5.41) is 0.772. The number of benzene rings is 1. The van der Waals surface area contributed by atoms with Gasteiger partial charge in [0.05, 0.1) is 5.02 Å². The zero-order chi connectivity index (χ0) is 13.0. The lowest BCUT2D eigenvalue weighted by Crippen LogP contribution is -2.14. The molecule has 1 atom stereocenters. The van der Waals surface area contributed by atoms with Crippen molar-refractivity contribution in [1.82, 2.24) is 0 Å². The minimum absolute atomic E-state index is 0.0666. The fourth-order valence-corrected chi connectivity index (χ4v) is 3.50. The summed E-state index contributed by atoms with van der Waals surface area (Å²) in [7, 11) is 0. The second-order valence-electron chi connectivity index (χ2n) is 5.33. The van der Waals surface area contributed by atoms with Crippen molar-refractivity contribution < 1.29 is 0 Å². The standard InChI is InChI=1S/C15H21BrClN/c16-13-8-4-7-12(15(13)17)14(18)10-9-11-5-2-1-3-6-11/h4,7-8,11,14H,1-3,5-6,9-10,18H2. The fourth-order valence-electron chi connectivity index (χ4n) is 2.85. The molecule has 1 nitrogen and oxygen atoms in total. The first-order valence-corrected chi connectivity index (χ1v) is 8.05. The highest BCUT2D eigenvalue weighted by atomic mass is 79.9. The Morgan fingerprint density at radius 1 is 1.28 bits per heavy atom. The molecule has 2 rings (SSSR count). The van der Waals surface area contributed by atoms with Crippen molar-refractivity contribution in [3.63, 3.8) is 0 Å². The number of nitrogens with two attached hydrogens (primary N) is 1. The SMILES string of the molecule is NC(CCC1CCCCC1)c1cccc(Br)c1Cl. The normalized spacial score (nSPS) is 18.8. The van der Waals surface area contributed by atoms with E-state index in [0.29, 0.717) is 0 Å². The summed E-state index contributed by atoms with van der Waals surface area (Å²) in [4.78, 5) is 0. The molecule has 1 fully saturated rings. The quantitative estimate of drug-likeness (QED) is 0.779. The molecule has 0 amide bonds. The Bertz CT molecular complexity index is 388. The number of hydrogen-bond donors (Lipinski definition) is 1. The maximum absolute atomic E-state index is 6.28. The lowest BCUT2D eigenvalue weighted by Gasteiger charge is -2.23. The molecule has 0 aliphatic heterocycles. The summed E-state index contributed by atoms with van der Waals surface area (Å²) in [5.74, 6) is 0.885. The van der Waals surface area contributed by atoms with Gasteiger partial charge in [-0.25, -0.2) is 0 Å². The third kappa shape index (κ3) is 3.72. The molecule has 0 spiro atoms. The van der Waals surface area contributed by atoms with Crippen molar-refractivity contribution in [1.29, 1.82) is 0 Å². The zero-order valence-electron chi connectivity index (χ0n) is 10.7. The van der Waals surface area contributed by atoms with Crippen LogP contribution in [0.15, 0.2) is 22.7 Å². The molecule has 1 unspecified atom stereocenters. The van der Waals surface area contributed by atoms with Crippen LogP contribution in [-0.4, -0.2) is 0 Å². The Hall–Kier alpha value is -0.0500. The number of rotatable bonds is 4. The first kappa shape index (κ1) is 14.4. The molecular weight excluding hydrogens is 310 g/mol. The average Bonchev–Trinajstić information content (AvgIpc) is 2.40. The molecule has 0 bridgehead atoms. The Morgan fingerprint density at radius 2 is 2.00 bits per heavy atom. The molecule has 1 aliphatic rings. The molecule has 100 valence electrons. The van der Waals surface area contributed by atoms with E-state index in [-0.39, 0.29) is 6.04 Å². The van der Waals surface area contributed by atoms with Gasteiger partial charge in [0.15, 0.2) is 0 Å². The summed E-state index contributed by atoms with van der Waals surface area (Å²) in [6.45, 7) is 0. The maximum atomic E-state index is 6.28. The highest BCUT2D eigenvalue weighted by Gasteiger charge is 2.17. The molecule has 0 saturated heterocycles. The van der Waals surface area contributed by atoms with Crippen molar-refractivity contribution in [3.05, 3.63) is 33.3 Å². The van der Waals surface area contributed by atoms with Crippen molar-refractivity contribution >= 4 is 27.5 Å². The number of halogens is 2. The van der Waals surface area contributed by atoms with Crippen molar-refractivity contribution in [2.24, 2.45) is 11.7 Å². The van der Waals surface area contributed by atoms with Crippen LogP contribution in [0.2, 0.25) is 5.02 Å². The van der Waals surface area contributed by atoms with Crippen LogP contribution in [0.25, 0.3) is 0 Å². The van der Waals surface area contributed by atoms with Crippen LogP contribution < -0.4 is 5.73 Å². The molecule has 1 saturated carbocycles. The monoisotopic (exact) mass is 329 g/mol. The van der Waals surface area contributed by atoms with E-state index < -0.39 is 0 Å². The summed E-state index contributed by atoms with van der Waals surface area (Å²) in [6, 6.07) is 6.07. The first-order valence-electron chi connectivity index (χ1n) is 6.88. The van der Waals surface area contributed by atoms with Crippen LogP contribution in [-0.2, 0) is 0 Å². The van der Waals surface area contributed by atoms with Crippen LogP contribution in [0.5, 0.6) is 0 Å². The minimum Gasteiger partial charge on any atom is -0.324 e. The van der Waals surface area contributed by atoms with Gasteiger partial charge in [-0.05, 0) is 46.3 Å². The van der Waals surface area contributed by atoms with Gasteiger partial charge in [0.2, 0.25) is 0 Å². The van der Waals surface area contributed by atoms with Gasteiger partial charge in [0.1, 0.15) is 0 Å². The molecule has 1 aliphatic carbocycles. The third-order valence-electron chi connectivity index (χ3n) is 3.99. The smallest absolute Gasteiger partial charge is 0.0595 e. The summed E-state index contributed by atoms with van der Waals surface area (Å²) in [5.41, 5.74) is 7.35. The highest BCUT2D eigenvalue weighted by Crippen LogP contribution is 2.33. The van der Waals surface area contributed by atoms with Crippen molar-refractivity contribution in [2.45, 2.75) is 51.0 Å². The highest BCUT2D eigenvalue weighted by molar-refractivity contribution is 9.10. The summed E-state index contributed by atoms with van der Waals surface area (Å²) >= 11 is 9.74. The Labute approximate surface area is 123 Å². The van der Waals surface area contributed by atoms with Crippen molar-refractivity contribution in [3.8, 4) is 0 Å².